The van der Waals surface area contributed by atoms with E-state index in [0.717, 1.165) is 6.42 Å². The second kappa shape index (κ2) is 11.0. The molecule has 0 saturated carbocycles. The molecule has 1 aromatic heterocycles. The van der Waals surface area contributed by atoms with Crippen LogP contribution in [0.2, 0.25) is 0 Å². The number of amides is 1. The molecule has 0 saturated heterocycles. The summed E-state index contributed by atoms with van der Waals surface area (Å²) >= 11 is 3.56. The SMILES string of the molecule is CCCNC(=O)Cc1c(Br)c(OCOC)cc(OCOC)c1-c1ccco1. The summed E-state index contributed by atoms with van der Waals surface area (Å²) in [6, 6.07) is 5.30. The van der Waals surface area contributed by atoms with Gasteiger partial charge in [0.15, 0.2) is 13.6 Å². The van der Waals surface area contributed by atoms with Gasteiger partial charge in [-0.3, -0.25) is 4.79 Å². The second-order valence-electron chi connectivity index (χ2n) is 5.65. The monoisotopic (exact) mass is 441 g/mol. The van der Waals surface area contributed by atoms with Gasteiger partial charge < -0.3 is 28.7 Å². The van der Waals surface area contributed by atoms with Gasteiger partial charge in [0, 0.05) is 26.8 Å². The third-order valence-corrected chi connectivity index (χ3v) is 4.50. The van der Waals surface area contributed by atoms with Crippen molar-refractivity contribution in [2.75, 3.05) is 34.4 Å². The second-order valence-corrected chi connectivity index (χ2v) is 6.44. The first-order chi connectivity index (χ1) is 13.1. The number of methoxy groups -OCH3 is 2. The highest BCUT2D eigenvalue weighted by Gasteiger charge is 2.23. The molecule has 0 unspecified atom stereocenters. The Morgan fingerprint density at radius 1 is 1.19 bits per heavy atom. The summed E-state index contributed by atoms with van der Waals surface area (Å²) < 4.78 is 27.6. The molecule has 0 aliphatic carbocycles. The molecule has 0 atom stereocenters. The number of carbonyl (C=O) groups is 1. The molecule has 0 aliphatic heterocycles. The molecular formula is C19H24BrNO6. The summed E-state index contributed by atoms with van der Waals surface area (Å²) in [7, 11) is 3.07. The van der Waals surface area contributed by atoms with Crippen LogP contribution in [-0.4, -0.2) is 40.3 Å². The van der Waals surface area contributed by atoms with Crippen LogP contribution in [0.4, 0.5) is 0 Å². The lowest BCUT2D eigenvalue weighted by molar-refractivity contribution is -0.120. The molecule has 2 aromatic rings. The Morgan fingerprint density at radius 3 is 2.48 bits per heavy atom. The van der Waals surface area contributed by atoms with Gasteiger partial charge in [-0.1, -0.05) is 6.92 Å². The van der Waals surface area contributed by atoms with Crippen LogP contribution in [0.25, 0.3) is 11.3 Å². The standard InChI is InChI=1S/C19H24BrNO6/c1-4-7-21-17(22)9-13-18(14-6-5-8-25-14)15(26-11-23-2)10-16(19(13)20)27-12-24-3/h5-6,8,10H,4,7,9,11-12H2,1-3H3,(H,21,22). The van der Waals surface area contributed by atoms with Crippen molar-refractivity contribution in [3.05, 3.63) is 34.5 Å². The molecule has 0 fully saturated rings. The lowest BCUT2D eigenvalue weighted by atomic mass is 10.00. The van der Waals surface area contributed by atoms with Gasteiger partial charge in [0.2, 0.25) is 5.91 Å². The Balaban J connectivity index is 2.54. The van der Waals surface area contributed by atoms with E-state index in [-0.39, 0.29) is 25.9 Å². The number of halogens is 1. The van der Waals surface area contributed by atoms with Crippen LogP contribution in [0.1, 0.15) is 18.9 Å². The molecule has 2 rings (SSSR count). The number of benzene rings is 1. The third-order valence-electron chi connectivity index (χ3n) is 3.63. The number of nitrogens with one attached hydrogen (secondary N) is 1. The number of rotatable bonds is 11. The van der Waals surface area contributed by atoms with Crippen molar-refractivity contribution >= 4 is 21.8 Å². The minimum atomic E-state index is -0.105. The molecule has 1 amide bonds. The molecule has 0 aliphatic rings. The molecule has 0 radical (unpaired) electrons. The van der Waals surface area contributed by atoms with E-state index in [2.05, 4.69) is 21.2 Å². The fourth-order valence-electron chi connectivity index (χ4n) is 2.47. The third kappa shape index (κ3) is 5.72. The van der Waals surface area contributed by atoms with E-state index in [1.165, 1.54) is 14.2 Å². The van der Waals surface area contributed by atoms with Gasteiger partial charge in [-0.05, 0) is 40.0 Å². The quantitative estimate of drug-likeness (QED) is 0.535. The molecule has 1 N–H and O–H groups in total. The summed E-state index contributed by atoms with van der Waals surface area (Å²) in [5, 5.41) is 2.88. The maximum Gasteiger partial charge on any atom is 0.224 e. The van der Waals surface area contributed by atoms with E-state index in [4.69, 9.17) is 23.4 Å². The highest BCUT2D eigenvalue weighted by atomic mass is 79.9. The van der Waals surface area contributed by atoms with E-state index in [1.807, 2.05) is 13.0 Å². The van der Waals surface area contributed by atoms with Crippen LogP contribution in [0.5, 0.6) is 11.5 Å². The average Bonchev–Trinajstić information content (AvgIpc) is 3.19. The first-order valence-electron chi connectivity index (χ1n) is 8.51. The summed E-state index contributed by atoms with van der Waals surface area (Å²) in [6.07, 6.45) is 2.56. The lowest BCUT2D eigenvalue weighted by Crippen LogP contribution is -2.26. The van der Waals surface area contributed by atoms with E-state index < -0.39 is 0 Å². The number of hydrogen-bond donors (Lipinski definition) is 1. The van der Waals surface area contributed by atoms with Gasteiger partial charge in [0.25, 0.3) is 0 Å². The summed E-state index contributed by atoms with van der Waals surface area (Å²) in [6.45, 7) is 2.71. The topological polar surface area (TPSA) is 79.2 Å². The molecule has 0 spiro atoms. The molecular weight excluding hydrogens is 418 g/mol. The first kappa shape index (κ1) is 21.3. The maximum absolute atomic E-state index is 12.4. The predicted octanol–water partition coefficient (Wildman–Crippen LogP) is 3.74. The van der Waals surface area contributed by atoms with Crippen LogP contribution in [0.15, 0.2) is 33.4 Å². The Hall–Kier alpha value is -2.03. The Labute approximate surface area is 167 Å². The van der Waals surface area contributed by atoms with E-state index in [1.54, 1.807) is 18.4 Å². The Bertz CT molecular complexity index is 732. The molecule has 8 heteroatoms. The smallest absolute Gasteiger partial charge is 0.224 e. The maximum atomic E-state index is 12.4. The van der Waals surface area contributed by atoms with Crippen molar-refractivity contribution in [3.63, 3.8) is 0 Å². The molecule has 1 aromatic carbocycles. The van der Waals surface area contributed by atoms with Crippen LogP contribution in [-0.2, 0) is 20.7 Å². The number of carbonyl (C=O) groups excluding carboxylic acids is 1. The Morgan fingerprint density at radius 2 is 1.89 bits per heavy atom. The van der Waals surface area contributed by atoms with Gasteiger partial charge in [-0.25, -0.2) is 0 Å². The van der Waals surface area contributed by atoms with Crippen LogP contribution < -0.4 is 14.8 Å². The zero-order chi connectivity index (χ0) is 19.6. The zero-order valence-electron chi connectivity index (χ0n) is 15.7. The van der Waals surface area contributed by atoms with Crippen molar-refractivity contribution < 1.29 is 28.2 Å². The fourth-order valence-corrected chi connectivity index (χ4v) is 3.04. The minimum absolute atomic E-state index is 0.0422. The van der Waals surface area contributed by atoms with Crippen molar-refractivity contribution in [1.82, 2.24) is 5.32 Å². The van der Waals surface area contributed by atoms with Crippen LogP contribution >= 0.6 is 15.9 Å². The summed E-state index contributed by atoms with van der Waals surface area (Å²) in [4.78, 5) is 12.4. The minimum Gasteiger partial charge on any atom is -0.467 e. The van der Waals surface area contributed by atoms with Crippen molar-refractivity contribution in [1.29, 1.82) is 0 Å². The van der Waals surface area contributed by atoms with Crippen molar-refractivity contribution in [2.24, 2.45) is 0 Å². The molecule has 7 nitrogen and oxygen atoms in total. The highest BCUT2D eigenvalue weighted by Crippen LogP contribution is 2.43. The molecule has 27 heavy (non-hydrogen) atoms. The van der Waals surface area contributed by atoms with Gasteiger partial charge >= 0.3 is 0 Å². The molecule has 148 valence electrons. The first-order valence-corrected chi connectivity index (χ1v) is 9.31. The Kier molecular flexibility index (Phi) is 8.63. The van der Waals surface area contributed by atoms with Gasteiger partial charge in [-0.15, -0.1) is 0 Å². The number of hydrogen-bond acceptors (Lipinski definition) is 6. The molecule has 1 heterocycles. The molecule has 0 bridgehead atoms. The predicted molar refractivity (Wildman–Crippen MR) is 104 cm³/mol. The van der Waals surface area contributed by atoms with Crippen LogP contribution in [0.3, 0.4) is 0 Å². The lowest BCUT2D eigenvalue weighted by Gasteiger charge is -2.19. The normalized spacial score (nSPS) is 10.7. The average molecular weight is 442 g/mol. The van der Waals surface area contributed by atoms with E-state index in [0.29, 0.717) is 39.4 Å². The summed E-state index contributed by atoms with van der Waals surface area (Å²) in [5.74, 6) is 1.46. The van der Waals surface area contributed by atoms with Gasteiger partial charge in [-0.2, -0.15) is 0 Å². The van der Waals surface area contributed by atoms with Crippen molar-refractivity contribution in [2.45, 2.75) is 19.8 Å². The largest absolute Gasteiger partial charge is 0.467 e. The van der Waals surface area contributed by atoms with Crippen molar-refractivity contribution in [3.8, 4) is 22.8 Å². The fraction of sp³-hybridized carbons (Fsp3) is 0.421. The number of ether oxygens (including phenoxy) is 4. The van der Waals surface area contributed by atoms with E-state index in [9.17, 15) is 4.79 Å². The van der Waals surface area contributed by atoms with Gasteiger partial charge in [0.1, 0.15) is 17.3 Å². The zero-order valence-corrected chi connectivity index (χ0v) is 17.3. The van der Waals surface area contributed by atoms with Crippen LogP contribution in [0, 0.1) is 0 Å². The summed E-state index contributed by atoms with van der Waals surface area (Å²) in [5.41, 5.74) is 1.36. The van der Waals surface area contributed by atoms with Gasteiger partial charge in [0.05, 0.1) is 22.7 Å². The van der Waals surface area contributed by atoms with E-state index >= 15 is 0 Å². The number of furan rings is 1. The highest BCUT2D eigenvalue weighted by molar-refractivity contribution is 9.10.